The van der Waals surface area contributed by atoms with Gasteiger partial charge in [-0.25, -0.2) is 4.79 Å². The molecule has 0 spiro atoms. The molecule has 1 aliphatic carbocycles. The van der Waals surface area contributed by atoms with Gasteiger partial charge >= 0.3 is 5.97 Å². The Balaban J connectivity index is 1.83. The van der Waals surface area contributed by atoms with Gasteiger partial charge in [0.1, 0.15) is 0 Å². The van der Waals surface area contributed by atoms with E-state index < -0.39 is 11.9 Å². The average molecular weight is 572 g/mol. The van der Waals surface area contributed by atoms with E-state index >= 15 is 0 Å². The highest BCUT2D eigenvalue weighted by atomic mass is 79.9. The fraction of sp³-hybridized carbons (Fsp3) is 0.357. The monoisotopic (exact) mass is 571 g/mol. The molecular weight excluding hydrogens is 542 g/mol. The molecule has 0 unspecified atom stereocenters. The van der Waals surface area contributed by atoms with E-state index in [0.29, 0.717) is 51.4 Å². The Hall–Kier alpha value is -3.46. The molecule has 2 aliphatic rings. The largest absolute Gasteiger partial charge is 0.503 e. The van der Waals surface area contributed by atoms with Gasteiger partial charge in [-0.3, -0.25) is 4.79 Å². The zero-order valence-electron chi connectivity index (χ0n) is 21.4. The number of Topliss-reactive ketones (excluding diaryl/α,β-unsaturated/α-hetero) is 1. The molecule has 0 bridgehead atoms. The summed E-state index contributed by atoms with van der Waals surface area (Å²) < 4.78 is 22.0. The molecule has 0 fully saturated rings. The van der Waals surface area contributed by atoms with Gasteiger partial charge in [0.25, 0.3) is 0 Å². The van der Waals surface area contributed by atoms with Crippen molar-refractivity contribution in [3.05, 3.63) is 68.5 Å². The number of benzene rings is 2. The summed E-state index contributed by atoms with van der Waals surface area (Å²) in [6, 6.07) is 9.07. The Bertz CT molecular complexity index is 1310. The van der Waals surface area contributed by atoms with Gasteiger partial charge in [-0.1, -0.05) is 6.07 Å². The second kappa shape index (κ2) is 10.9. The summed E-state index contributed by atoms with van der Waals surface area (Å²) in [5.41, 5.74) is 3.83. The van der Waals surface area contributed by atoms with Gasteiger partial charge in [-0.05, 0) is 77.5 Å². The van der Waals surface area contributed by atoms with Crippen LogP contribution < -0.4 is 19.5 Å². The van der Waals surface area contributed by atoms with Crippen molar-refractivity contribution in [1.29, 1.82) is 0 Å². The summed E-state index contributed by atoms with van der Waals surface area (Å²) in [6.07, 6.45) is 0.827. The van der Waals surface area contributed by atoms with E-state index in [1.54, 1.807) is 33.3 Å². The van der Waals surface area contributed by atoms with Crippen LogP contribution in [-0.4, -0.2) is 44.8 Å². The van der Waals surface area contributed by atoms with E-state index in [4.69, 9.17) is 18.9 Å². The SMILES string of the molecule is CCOc1cc([C@@H]2C(C(=O)OC)=C(C)NC3=C2C(=O)C[C@@H](c2ccc(OC)c(OC)c2)C3)cc(Br)c1O. The Labute approximate surface area is 224 Å². The predicted octanol–water partition coefficient (Wildman–Crippen LogP) is 5.11. The average Bonchev–Trinajstić information content (AvgIpc) is 2.89. The lowest BCUT2D eigenvalue weighted by Crippen LogP contribution is -2.36. The van der Waals surface area contributed by atoms with Gasteiger partial charge in [0, 0.05) is 29.3 Å². The van der Waals surface area contributed by atoms with Gasteiger partial charge < -0.3 is 29.4 Å². The number of carbonyl (C=O) groups excluding carboxylic acids is 2. The third-order valence-electron chi connectivity index (χ3n) is 6.80. The van der Waals surface area contributed by atoms with Gasteiger partial charge in [-0.15, -0.1) is 0 Å². The number of rotatable bonds is 7. The van der Waals surface area contributed by atoms with Crippen LogP contribution in [0, 0.1) is 0 Å². The zero-order chi connectivity index (χ0) is 26.9. The second-order valence-electron chi connectivity index (χ2n) is 8.91. The number of carbonyl (C=O) groups is 2. The highest BCUT2D eigenvalue weighted by Crippen LogP contribution is 2.48. The number of ketones is 1. The minimum atomic E-state index is -0.682. The smallest absolute Gasteiger partial charge is 0.336 e. The van der Waals surface area contributed by atoms with Gasteiger partial charge in [0.05, 0.1) is 38.0 Å². The number of methoxy groups -OCH3 is 3. The first-order chi connectivity index (χ1) is 17.7. The quantitative estimate of drug-likeness (QED) is 0.442. The van der Waals surface area contributed by atoms with Crippen molar-refractivity contribution in [3.8, 4) is 23.0 Å². The van der Waals surface area contributed by atoms with E-state index in [1.165, 1.54) is 7.11 Å². The summed E-state index contributed by atoms with van der Waals surface area (Å²) in [7, 11) is 4.48. The summed E-state index contributed by atoms with van der Waals surface area (Å²) in [5, 5.41) is 13.8. The molecule has 0 radical (unpaired) electrons. The minimum Gasteiger partial charge on any atom is -0.503 e. The standard InChI is InChI=1S/C28H30BrNO7/c1-6-37-23-13-17(9-18(29)27(23)32)25-24(28(33)36-5)14(2)30-19-10-16(11-20(31)26(19)25)15-7-8-21(34-3)22(12-15)35-4/h7-9,12-13,16,25,30,32H,6,10-11H2,1-5H3/t16-,25+/m0/s1. The van der Waals surface area contributed by atoms with Gasteiger partial charge in [-0.2, -0.15) is 0 Å². The fourth-order valence-corrected chi connectivity index (χ4v) is 5.58. The van der Waals surface area contributed by atoms with Crippen LogP contribution in [0.5, 0.6) is 23.0 Å². The lowest BCUT2D eigenvalue weighted by Gasteiger charge is -2.36. The van der Waals surface area contributed by atoms with Crippen molar-refractivity contribution in [2.24, 2.45) is 0 Å². The summed E-state index contributed by atoms with van der Waals surface area (Å²) in [4.78, 5) is 26.7. The van der Waals surface area contributed by atoms with Crippen molar-refractivity contribution < 1.29 is 33.6 Å². The van der Waals surface area contributed by atoms with Crippen molar-refractivity contribution in [2.45, 2.75) is 38.5 Å². The molecule has 4 rings (SSSR count). The number of dihydropyridines is 1. The van der Waals surface area contributed by atoms with Gasteiger partial charge in [0.2, 0.25) is 0 Å². The van der Waals surface area contributed by atoms with E-state index in [9.17, 15) is 14.7 Å². The van der Waals surface area contributed by atoms with E-state index in [2.05, 4.69) is 21.2 Å². The maximum Gasteiger partial charge on any atom is 0.336 e. The summed E-state index contributed by atoms with van der Waals surface area (Å²) >= 11 is 3.39. The second-order valence-corrected chi connectivity index (χ2v) is 9.76. The molecule has 0 saturated carbocycles. The molecule has 2 N–H and O–H groups in total. The van der Waals surface area contributed by atoms with Crippen LogP contribution in [-0.2, 0) is 14.3 Å². The number of ether oxygens (including phenoxy) is 4. The first-order valence-electron chi connectivity index (χ1n) is 11.9. The number of hydrogen-bond donors (Lipinski definition) is 2. The van der Waals surface area contributed by atoms with Crippen LogP contribution in [0.15, 0.2) is 57.3 Å². The number of halogens is 1. The molecule has 0 saturated heterocycles. The lowest BCUT2D eigenvalue weighted by atomic mass is 9.71. The maximum atomic E-state index is 13.8. The molecule has 8 nitrogen and oxygen atoms in total. The third kappa shape index (κ3) is 4.92. The lowest BCUT2D eigenvalue weighted by molar-refractivity contribution is -0.136. The van der Waals surface area contributed by atoms with Crippen molar-refractivity contribution in [1.82, 2.24) is 5.32 Å². The Morgan fingerprint density at radius 2 is 1.76 bits per heavy atom. The molecular formula is C28H30BrNO7. The molecule has 2 aromatic rings. The molecule has 2 atom stereocenters. The Kier molecular flexibility index (Phi) is 7.82. The normalized spacial score (nSPS) is 19.2. The number of nitrogens with one attached hydrogen (secondary N) is 1. The summed E-state index contributed by atoms with van der Waals surface area (Å²) in [6.45, 7) is 3.95. The molecule has 2 aromatic carbocycles. The molecule has 9 heteroatoms. The Morgan fingerprint density at radius 1 is 1.05 bits per heavy atom. The number of phenols is 1. The molecule has 37 heavy (non-hydrogen) atoms. The highest BCUT2D eigenvalue weighted by Gasteiger charge is 2.42. The van der Waals surface area contributed by atoms with Crippen LogP contribution in [0.25, 0.3) is 0 Å². The zero-order valence-corrected chi connectivity index (χ0v) is 23.0. The van der Waals surface area contributed by atoms with Crippen LogP contribution in [0.4, 0.5) is 0 Å². The van der Waals surface area contributed by atoms with Crippen LogP contribution in [0.2, 0.25) is 0 Å². The molecule has 0 amide bonds. The highest BCUT2D eigenvalue weighted by molar-refractivity contribution is 9.10. The topological polar surface area (TPSA) is 103 Å². The maximum absolute atomic E-state index is 13.8. The minimum absolute atomic E-state index is 0.0439. The number of allylic oxidation sites excluding steroid dienone is 3. The van der Waals surface area contributed by atoms with Crippen LogP contribution in [0.3, 0.4) is 0 Å². The first kappa shape index (κ1) is 26.6. The van der Waals surface area contributed by atoms with Crippen molar-refractivity contribution in [3.63, 3.8) is 0 Å². The number of aromatic hydroxyl groups is 1. The number of esters is 1. The van der Waals surface area contributed by atoms with Gasteiger partial charge in [0.15, 0.2) is 28.8 Å². The Morgan fingerprint density at radius 3 is 2.41 bits per heavy atom. The molecule has 1 aliphatic heterocycles. The third-order valence-corrected chi connectivity index (χ3v) is 7.40. The van der Waals surface area contributed by atoms with Crippen molar-refractivity contribution in [2.75, 3.05) is 27.9 Å². The molecule has 1 heterocycles. The molecule has 196 valence electrons. The number of hydrogen-bond acceptors (Lipinski definition) is 8. The van der Waals surface area contributed by atoms with Crippen LogP contribution >= 0.6 is 15.9 Å². The first-order valence-corrected chi connectivity index (χ1v) is 12.7. The predicted molar refractivity (Wildman–Crippen MR) is 141 cm³/mol. The fourth-order valence-electron chi connectivity index (χ4n) is 5.12. The van der Waals surface area contributed by atoms with E-state index in [0.717, 1.165) is 11.3 Å². The van der Waals surface area contributed by atoms with E-state index in [1.807, 2.05) is 25.1 Å². The van der Waals surface area contributed by atoms with Crippen molar-refractivity contribution >= 4 is 27.7 Å². The van der Waals surface area contributed by atoms with Crippen LogP contribution in [0.1, 0.15) is 49.7 Å². The van der Waals surface area contributed by atoms with E-state index in [-0.39, 0.29) is 29.6 Å². The number of phenolic OH excluding ortho intramolecular Hbond substituents is 1. The molecule has 0 aromatic heterocycles. The summed E-state index contributed by atoms with van der Waals surface area (Å²) in [5.74, 6) is 0.0687.